The molecule has 0 aliphatic heterocycles. The first kappa shape index (κ1) is 33.3. The molecule has 3 rings (SSSR count). The van der Waals surface area contributed by atoms with Crippen LogP contribution < -0.4 is 10.6 Å². The summed E-state index contributed by atoms with van der Waals surface area (Å²) in [6.45, 7) is 14.7. The lowest BCUT2D eigenvalue weighted by Gasteiger charge is -2.28. The Morgan fingerprint density at radius 1 is 1.07 bits per heavy atom. The number of hydrogen-bond donors (Lipinski definition) is 4. The number of aromatic amines is 1. The first-order valence-corrected chi connectivity index (χ1v) is 15.5. The maximum atomic E-state index is 13.4. The number of carbonyl (C=O) groups excluding carboxylic acids is 1. The summed E-state index contributed by atoms with van der Waals surface area (Å²) in [6.07, 6.45) is 3.28. The minimum atomic E-state index is -3.79. The first-order chi connectivity index (χ1) is 18.9. The summed E-state index contributed by atoms with van der Waals surface area (Å²) in [4.78, 5) is 32.1. The number of nitrogens with zero attached hydrogens (tertiary/aromatic N) is 1. The fourth-order valence-corrected chi connectivity index (χ4v) is 6.10. The molecular formula is C29H40Cl2N4O5P+. The molecule has 1 aromatic carbocycles. The van der Waals surface area contributed by atoms with E-state index in [-0.39, 0.29) is 12.6 Å². The van der Waals surface area contributed by atoms with Gasteiger partial charge < -0.3 is 15.6 Å². The zero-order chi connectivity index (χ0) is 30.6. The van der Waals surface area contributed by atoms with Gasteiger partial charge in [-0.2, -0.15) is 9.42 Å². The molecule has 0 unspecified atom stereocenters. The van der Waals surface area contributed by atoms with Crippen molar-refractivity contribution in [3.05, 3.63) is 70.1 Å². The van der Waals surface area contributed by atoms with Crippen LogP contribution in [0.3, 0.4) is 0 Å². The SMILES string of the molecule is CC(C)Nc1cc(-c2c[nH]c(C(=O)N[C@H](CO[P+](O)(OC(C)(C)C)OC(C)(C)C)c3cccc(Cl)c3)c2)c(Cl)cn1. The van der Waals surface area contributed by atoms with Crippen LogP contribution in [-0.2, 0) is 13.6 Å². The van der Waals surface area contributed by atoms with E-state index in [1.807, 2.05) is 26.0 Å². The monoisotopic (exact) mass is 625 g/mol. The zero-order valence-corrected chi connectivity index (χ0v) is 27.1. The van der Waals surface area contributed by atoms with Crippen LogP contribution in [0.2, 0.25) is 10.0 Å². The quantitative estimate of drug-likeness (QED) is 0.159. The Hall–Kier alpha value is -2.23. The summed E-state index contributed by atoms with van der Waals surface area (Å²) in [5.74, 6) is 0.279. The Kier molecular flexibility index (Phi) is 10.9. The molecular weight excluding hydrogens is 586 g/mol. The van der Waals surface area contributed by atoms with Crippen molar-refractivity contribution in [1.82, 2.24) is 15.3 Å². The predicted molar refractivity (Wildman–Crippen MR) is 166 cm³/mol. The Bertz CT molecular complexity index is 1320. The average molecular weight is 627 g/mol. The van der Waals surface area contributed by atoms with Gasteiger partial charge in [0.15, 0.2) is 0 Å². The van der Waals surface area contributed by atoms with E-state index in [0.29, 0.717) is 27.1 Å². The highest BCUT2D eigenvalue weighted by Crippen LogP contribution is 2.63. The van der Waals surface area contributed by atoms with Crippen LogP contribution >= 0.6 is 31.4 Å². The lowest BCUT2D eigenvalue weighted by Crippen LogP contribution is -2.33. The van der Waals surface area contributed by atoms with Crippen LogP contribution in [0.1, 0.15) is 77.5 Å². The number of halogens is 2. The van der Waals surface area contributed by atoms with Gasteiger partial charge in [-0.1, -0.05) is 35.3 Å². The number of pyridine rings is 1. The lowest BCUT2D eigenvalue weighted by molar-refractivity contribution is -0.0219. The van der Waals surface area contributed by atoms with Gasteiger partial charge in [-0.3, -0.25) is 4.79 Å². The molecule has 0 aliphatic rings. The lowest BCUT2D eigenvalue weighted by atomic mass is 10.1. The van der Waals surface area contributed by atoms with Gasteiger partial charge >= 0.3 is 8.17 Å². The van der Waals surface area contributed by atoms with E-state index in [1.165, 1.54) is 0 Å². The van der Waals surface area contributed by atoms with Gasteiger partial charge in [-0.25, -0.2) is 4.98 Å². The molecule has 0 radical (unpaired) electrons. The smallest absolute Gasteiger partial charge is 0.368 e. The molecule has 2 heterocycles. The summed E-state index contributed by atoms with van der Waals surface area (Å²) in [7, 11) is -3.79. The van der Waals surface area contributed by atoms with Gasteiger partial charge in [0.1, 0.15) is 29.3 Å². The Morgan fingerprint density at radius 2 is 1.73 bits per heavy atom. The van der Waals surface area contributed by atoms with Crippen molar-refractivity contribution in [3.8, 4) is 11.1 Å². The van der Waals surface area contributed by atoms with Gasteiger partial charge in [-0.15, -0.1) is 9.05 Å². The van der Waals surface area contributed by atoms with Gasteiger partial charge in [0.25, 0.3) is 5.91 Å². The number of carbonyl (C=O) groups is 1. The molecule has 0 saturated carbocycles. The number of aromatic nitrogens is 2. The molecule has 224 valence electrons. The second-order valence-electron chi connectivity index (χ2n) is 11.9. The second-order valence-corrected chi connectivity index (χ2v) is 14.3. The minimum Gasteiger partial charge on any atom is -0.368 e. The number of amides is 1. The summed E-state index contributed by atoms with van der Waals surface area (Å²) >= 11 is 12.7. The largest absolute Gasteiger partial charge is 0.573 e. The molecule has 1 atom stereocenters. The third-order valence-electron chi connectivity index (χ3n) is 5.27. The van der Waals surface area contributed by atoms with Gasteiger partial charge in [0.05, 0.1) is 11.1 Å². The number of nitrogens with one attached hydrogen (secondary N) is 3. The van der Waals surface area contributed by atoms with Gasteiger partial charge in [0.2, 0.25) is 0 Å². The van der Waals surface area contributed by atoms with Crippen molar-refractivity contribution in [2.75, 3.05) is 11.9 Å². The van der Waals surface area contributed by atoms with Crippen LogP contribution in [0.5, 0.6) is 0 Å². The number of rotatable bonds is 11. The van der Waals surface area contributed by atoms with Crippen LogP contribution in [0.15, 0.2) is 48.8 Å². The van der Waals surface area contributed by atoms with E-state index in [0.717, 1.165) is 11.1 Å². The summed E-state index contributed by atoms with van der Waals surface area (Å²) in [6, 6.07) is 10.1. The molecule has 3 aromatic rings. The molecule has 9 nitrogen and oxygen atoms in total. The molecule has 0 bridgehead atoms. The van der Waals surface area contributed by atoms with Crippen molar-refractivity contribution in [1.29, 1.82) is 0 Å². The Labute approximate surface area is 253 Å². The third kappa shape index (κ3) is 10.5. The molecule has 0 fully saturated rings. The number of benzene rings is 1. The fourth-order valence-electron chi connectivity index (χ4n) is 3.83. The summed E-state index contributed by atoms with van der Waals surface area (Å²) in [5.41, 5.74) is 0.938. The maximum Gasteiger partial charge on any atom is 0.573 e. The average Bonchev–Trinajstić information content (AvgIpc) is 3.30. The van der Waals surface area contributed by atoms with Gasteiger partial charge in [-0.05, 0) is 85.2 Å². The topological polar surface area (TPSA) is 118 Å². The normalized spacial score (nSPS) is 13.4. The van der Waals surface area contributed by atoms with E-state index >= 15 is 0 Å². The standard InChI is InChI=1S/C29H39Cl2N4O5P/c1-18(2)34-26-14-22(23(31)16-33-26)20-13-24(32-15-20)27(36)35-25(19-10-9-11-21(30)12-19)17-38-41(37,39-28(3,4)5)40-29(6,7)8/h9-16,18,25,37H,17H2,1-8H3,(H2-,32,33,34,35,36)/p+1/t25-/m1/s1. The van der Waals surface area contributed by atoms with Crippen molar-refractivity contribution >= 4 is 43.1 Å². The summed E-state index contributed by atoms with van der Waals surface area (Å²) in [5, 5.41) is 7.17. The molecule has 0 aliphatic carbocycles. The maximum absolute atomic E-state index is 13.4. The molecule has 4 N–H and O–H groups in total. The zero-order valence-electron chi connectivity index (χ0n) is 24.7. The fraction of sp³-hybridized carbons (Fsp3) is 0.448. The third-order valence-corrected chi connectivity index (χ3v) is 7.84. The highest BCUT2D eigenvalue weighted by atomic mass is 35.5. The van der Waals surface area contributed by atoms with Gasteiger partial charge in [0, 0.05) is 34.6 Å². The van der Waals surface area contributed by atoms with Crippen molar-refractivity contribution in [2.24, 2.45) is 0 Å². The molecule has 0 saturated heterocycles. The predicted octanol–water partition coefficient (Wildman–Crippen LogP) is 7.99. The van der Waals surface area contributed by atoms with E-state index in [4.69, 9.17) is 36.8 Å². The highest BCUT2D eigenvalue weighted by Gasteiger charge is 2.52. The van der Waals surface area contributed by atoms with Crippen molar-refractivity contribution < 1.29 is 23.3 Å². The van der Waals surface area contributed by atoms with E-state index in [2.05, 4.69) is 20.6 Å². The van der Waals surface area contributed by atoms with Crippen LogP contribution in [0.4, 0.5) is 5.82 Å². The molecule has 0 spiro atoms. The molecule has 41 heavy (non-hydrogen) atoms. The van der Waals surface area contributed by atoms with Crippen LogP contribution in [0.25, 0.3) is 11.1 Å². The van der Waals surface area contributed by atoms with Crippen LogP contribution in [0, 0.1) is 0 Å². The first-order valence-electron chi connectivity index (χ1n) is 13.3. The van der Waals surface area contributed by atoms with Crippen molar-refractivity contribution in [3.63, 3.8) is 0 Å². The minimum absolute atomic E-state index is 0.142. The Morgan fingerprint density at radius 3 is 2.32 bits per heavy atom. The Balaban J connectivity index is 1.86. The second kappa shape index (κ2) is 13.4. The van der Waals surface area contributed by atoms with Crippen LogP contribution in [-0.4, -0.2) is 44.6 Å². The van der Waals surface area contributed by atoms with E-state index in [1.54, 1.807) is 78.2 Å². The molecule has 1 amide bonds. The summed E-state index contributed by atoms with van der Waals surface area (Å²) < 4.78 is 17.6. The van der Waals surface area contributed by atoms with E-state index in [9.17, 15) is 9.69 Å². The molecule has 2 aromatic heterocycles. The molecule has 12 heteroatoms. The number of hydrogen-bond acceptors (Lipinski definition) is 7. The highest BCUT2D eigenvalue weighted by molar-refractivity contribution is 7.55. The van der Waals surface area contributed by atoms with Crippen molar-refractivity contribution in [2.45, 2.75) is 78.7 Å². The van der Waals surface area contributed by atoms with E-state index < -0.39 is 31.3 Å². The number of anilines is 1. The number of H-pyrrole nitrogens is 1.